The van der Waals surface area contributed by atoms with E-state index in [9.17, 15) is 4.79 Å². The predicted octanol–water partition coefficient (Wildman–Crippen LogP) is 0.125. The monoisotopic (exact) mass is 163 g/mol. The van der Waals surface area contributed by atoms with Crippen molar-refractivity contribution in [2.45, 2.75) is 6.92 Å². The molecule has 0 aliphatic carbocycles. The zero-order valence-corrected chi connectivity index (χ0v) is 9.17. The Kier molecular flexibility index (Phi) is 6.28. The summed E-state index contributed by atoms with van der Waals surface area (Å²) in [5.41, 5.74) is 0. The van der Waals surface area contributed by atoms with Gasteiger partial charge in [-0.2, -0.15) is 0 Å². The molecule has 0 saturated carbocycles. The minimum absolute atomic E-state index is 0.217. The molecule has 0 bridgehead atoms. The summed E-state index contributed by atoms with van der Waals surface area (Å²) in [4.78, 5) is 10.7. The third kappa shape index (κ3) is 4.20. The molecule has 0 aliphatic rings. The van der Waals surface area contributed by atoms with Crippen molar-refractivity contribution in [3.63, 3.8) is 0 Å². The number of esters is 1. The van der Waals surface area contributed by atoms with Gasteiger partial charge < -0.3 is 0 Å². The second-order valence-electron chi connectivity index (χ2n) is 1.68. The molecule has 0 rings (SSSR count). The molecule has 0 aromatic rings. The van der Waals surface area contributed by atoms with Crippen molar-refractivity contribution in [3.8, 4) is 6.07 Å². The molecule has 0 unspecified atom stereocenters. The van der Waals surface area contributed by atoms with E-state index < -0.39 is 0 Å². The molecule has 3 nitrogen and oxygen atoms in total. The molecule has 0 aromatic carbocycles. The zero-order chi connectivity index (χ0) is 7.98. The number of nitriles is 1. The van der Waals surface area contributed by atoms with E-state index in [0.717, 1.165) is 0 Å². The van der Waals surface area contributed by atoms with E-state index in [0.29, 0.717) is 6.27 Å². The van der Waals surface area contributed by atoms with E-state index in [2.05, 4.69) is 4.74 Å². The molecule has 0 atom stereocenters. The summed E-state index contributed by atoms with van der Waals surface area (Å²) in [7, 11) is 0. The van der Waals surface area contributed by atoms with Gasteiger partial charge in [0.2, 0.25) is 0 Å². The standard InChI is InChI=1S/C6H6NO2.K/c1-2-9-6(8)4-3-5-7;/h3H,2H2,1H3;. The van der Waals surface area contributed by atoms with Crippen LogP contribution in [0.15, 0.2) is 5.74 Å². The average Bonchev–Trinajstić information content (AvgIpc) is 1.89. The number of allylic oxidation sites excluding steroid dienone is 1. The Morgan fingerprint density at radius 2 is 2.50 bits per heavy atom. The van der Waals surface area contributed by atoms with E-state index in [4.69, 9.17) is 5.26 Å². The van der Waals surface area contributed by atoms with Gasteiger partial charge in [-0.25, -0.2) is 0 Å². The van der Waals surface area contributed by atoms with E-state index in [1.165, 1.54) is 6.08 Å². The van der Waals surface area contributed by atoms with E-state index in [-0.39, 0.29) is 54.9 Å². The van der Waals surface area contributed by atoms with E-state index in [1.807, 2.05) is 0 Å². The summed E-state index contributed by atoms with van der Waals surface area (Å²) >= 11 is 0.217. The molecule has 0 amide bonds. The third-order valence-corrected chi connectivity index (χ3v) is 1.97. The number of hydrogen-bond acceptors (Lipinski definition) is 3. The molecular formula is C6H6KNO2. The summed E-state index contributed by atoms with van der Waals surface area (Å²) < 4.78 is 5.17. The van der Waals surface area contributed by atoms with Crippen molar-refractivity contribution >= 4 is 54.9 Å². The molecule has 10 heavy (non-hydrogen) atoms. The fourth-order valence-electron chi connectivity index (χ4n) is 0.401. The van der Waals surface area contributed by atoms with Gasteiger partial charge in [-0.3, -0.25) is 0 Å². The third-order valence-electron chi connectivity index (χ3n) is 0.878. The normalized spacial score (nSPS) is 10.4. The average molecular weight is 163 g/mol. The first kappa shape index (κ1) is 10.3. The fourth-order valence-corrected chi connectivity index (χ4v) is 0.828. The van der Waals surface area contributed by atoms with Crippen molar-refractivity contribution < 1.29 is 9.53 Å². The molecule has 0 aromatic heterocycles. The fraction of sp³-hybridized carbons (Fsp3) is 0.333. The maximum atomic E-state index is 10.7. The van der Waals surface area contributed by atoms with E-state index >= 15 is 0 Å². The Balaban J connectivity index is 3.98. The second kappa shape index (κ2) is 6.07. The van der Waals surface area contributed by atoms with Crippen LogP contribution >= 0.6 is 0 Å². The Bertz CT molecular complexity index is 192. The van der Waals surface area contributed by atoms with Crippen LogP contribution in [-0.2, 0) is 9.53 Å². The van der Waals surface area contributed by atoms with Gasteiger partial charge in [-0.15, -0.1) is 0 Å². The van der Waals surface area contributed by atoms with Gasteiger partial charge in [0.25, 0.3) is 0 Å². The molecule has 0 heterocycles. The van der Waals surface area contributed by atoms with Crippen LogP contribution in [0.5, 0.6) is 0 Å². The number of rotatable bonds is 2. The first-order valence-electron chi connectivity index (χ1n) is 2.95. The molecule has 0 aliphatic heterocycles. The van der Waals surface area contributed by atoms with Crippen LogP contribution in [-0.4, -0.2) is 61.5 Å². The van der Waals surface area contributed by atoms with Crippen LogP contribution in [0.4, 0.5) is 0 Å². The topological polar surface area (TPSA) is 50.1 Å². The summed E-state index contributed by atoms with van der Waals surface area (Å²) in [6, 6.07) is 1.79. The summed E-state index contributed by atoms with van der Waals surface area (Å²) in [5.74, 6) is -0.343. The predicted molar refractivity (Wildman–Crippen MR) is 36.1 cm³/mol. The van der Waals surface area contributed by atoms with Gasteiger partial charge in [-0.1, -0.05) is 0 Å². The van der Waals surface area contributed by atoms with Crippen molar-refractivity contribution in [1.82, 2.24) is 0 Å². The molecule has 0 saturated heterocycles. The summed E-state index contributed by atoms with van der Waals surface area (Å²) in [5, 5.41) is 8.15. The SMILES string of the molecule is CCOC(=O)[C]([K])=CC#N. The van der Waals surface area contributed by atoms with E-state index in [1.54, 1.807) is 13.0 Å². The second-order valence-corrected chi connectivity index (χ2v) is 3.36. The molecule has 48 valence electrons. The van der Waals surface area contributed by atoms with Gasteiger partial charge in [0.05, 0.1) is 0 Å². The minimum atomic E-state index is -0.343. The quantitative estimate of drug-likeness (QED) is 0.251. The van der Waals surface area contributed by atoms with Crippen molar-refractivity contribution in [1.29, 1.82) is 5.26 Å². The summed E-state index contributed by atoms with van der Waals surface area (Å²) in [6.07, 6.45) is 1.25. The molecular weight excluding hydrogens is 157 g/mol. The van der Waals surface area contributed by atoms with Crippen LogP contribution in [0, 0.1) is 11.3 Å². The van der Waals surface area contributed by atoms with Gasteiger partial charge >= 0.3 is 95.1 Å². The van der Waals surface area contributed by atoms with Crippen LogP contribution in [0.3, 0.4) is 0 Å². The first-order valence-corrected chi connectivity index (χ1v) is 4.52. The number of ether oxygens (including phenoxy) is 1. The van der Waals surface area contributed by atoms with Crippen LogP contribution in [0.2, 0.25) is 0 Å². The van der Waals surface area contributed by atoms with Crippen molar-refractivity contribution in [2.24, 2.45) is 0 Å². The number of carbonyl (C=O) groups is 1. The summed E-state index contributed by atoms with van der Waals surface area (Å²) in [6.45, 7) is 2.11. The van der Waals surface area contributed by atoms with Gasteiger partial charge in [0, 0.05) is 0 Å². The van der Waals surface area contributed by atoms with Crippen LogP contribution < -0.4 is 0 Å². The Labute approximate surface area is 93.6 Å². The molecule has 4 heteroatoms. The van der Waals surface area contributed by atoms with Gasteiger partial charge in [-0.05, 0) is 0 Å². The molecule has 0 spiro atoms. The van der Waals surface area contributed by atoms with Crippen molar-refractivity contribution in [2.75, 3.05) is 6.61 Å². The number of nitrogens with zero attached hydrogens (tertiary/aromatic N) is 1. The number of hydrogen-bond donors (Lipinski definition) is 0. The zero-order valence-electron chi connectivity index (χ0n) is 6.05. The Hall–Kier alpha value is 0.336. The van der Waals surface area contributed by atoms with Gasteiger partial charge in [0.1, 0.15) is 0 Å². The number of carbonyl (C=O) groups excluding carboxylic acids is 1. The molecule has 0 radical (unpaired) electrons. The molecule has 0 fully saturated rings. The maximum absolute atomic E-state index is 10.7. The van der Waals surface area contributed by atoms with Crippen LogP contribution in [0.25, 0.3) is 0 Å². The first-order chi connectivity index (χ1) is 4.72. The Morgan fingerprint density at radius 1 is 1.90 bits per heavy atom. The Morgan fingerprint density at radius 3 is 2.90 bits per heavy atom. The van der Waals surface area contributed by atoms with Crippen LogP contribution in [0.1, 0.15) is 6.92 Å². The molecule has 0 N–H and O–H groups in total. The van der Waals surface area contributed by atoms with Gasteiger partial charge in [0.15, 0.2) is 0 Å². The van der Waals surface area contributed by atoms with Crippen molar-refractivity contribution in [3.05, 3.63) is 5.74 Å².